The summed E-state index contributed by atoms with van der Waals surface area (Å²) in [7, 11) is 0. The van der Waals surface area contributed by atoms with Crippen LogP contribution in [-0.4, -0.2) is 28.8 Å². The van der Waals surface area contributed by atoms with Crippen molar-refractivity contribution in [2.24, 2.45) is 0 Å². The van der Waals surface area contributed by atoms with Crippen LogP contribution < -0.4 is 5.32 Å². The zero-order valence-electron chi connectivity index (χ0n) is 10.3. The Labute approximate surface area is 110 Å². The van der Waals surface area contributed by atoms with Gasteiger partial charge in [-0.25, -0.2) is 0 Å². The summed E-state index contributed by atoms with van der Waals surface area (Å²) in [6.45, 7) is 0.262. The van der Waals surface area contributed by atoms with Gasteiger partial charge in [0.1, 0.15) is 11.6 Å². The predicted molar refractivity (Wildman–Crippen MR) is 71.9 cm³/mol. The predicted octanol–water partition coefficient (Wildman–Crippen LogP) is 1.47. The van der Waals surface area contributed by atoms with Crippen LogP contribution in [0.25, 0.3) is 10.8 Å². The van der Waals surface area contributed by atoms with Crippen molar-refractivity contribution in [2.75, 3.05) is 6.54 Å². The van der Waals surface area contributed by atoms with Gasteiger partial charge in [-0.15, -0.1) is 0 Å². The fraction of sp³-hybridized carbons (Fsp3) is 0.267. The minimum atomic E-state index is -1.12. The van der Waals surface area contributed by atoms with Crippen molar-refractivity contribution in [3.63, 3.8) is 0 Å². The van der Waals surface area contributed by atoms with Crippen LogP contribution in [0.4, 0.5) is 0 Å². The van der Waals surface area contributed by atoms with Crippen molar-refractivity contribution in [2.45, 2.75) is 18.1 Å². The number of hydrogen-bond acceptors (Lipinski definition) is 3. The van der Waals surface area contributed by atoms with Gasteiger partial charge in [0.2, 0.25) is 0 Å². The molecule has 98 valence electrons. The lowest BCUT2D eigenvalue weighted by Crippen LogP contribution is -2.30. The number of rotatable bonds is 2. The first-order chi connectivity index (χ1) is 9.10. The molecular formula is C15H15NO3. The molecule has 0 amide bonds. The highest BCUT2D eigenvalue weighted by Crippen LogP contribution is 2.35. The van der Waals surface area contributed by atoms with Gasteiger partial charge in [0.25, 0.3) is 0 Å². The van der Waals surface area contributed by atoms with Crippen molar-refractivity contribution < 1.29 is 15.0 Å². The first-order valence-corrected chi connectivity index (χ1v) is 6.27. The number of aliphatic hydroxyl groups is 1. The molecule has 1 aliphatic rings. The number of nitrogens with one attached hydrogen (secondary N) is 1. The summed E-state index contributed by atoms with van der Waals surface area (Å²) < 4.78 is 0. The molecule has 4 heteroatoms. The summed E-state index contributed by atoms with van der Waals surface area (Å²) in [6, 6.07) is 12.9. The molecule has 0 aliphatic carbocycles. The summed E-state index contributed by atoms with van der Waals surface area (Å²) in [6.07, 6.45) is 0.191. The largest absolute Gasteiger partial charge is 0.480 e. The van der Waals surface area contributed by atoms with Gasteiger partial charge < -0.3 is 15.5 Å². The summed E-state index contributed by atoms with van der Waals surface area (Å²) in [5, 5.41) is 24.7. The number of fused-ring (bicyclic) bond motifs is 1. The van der Waals surface area contributed by atoms with Gasteiger partial charge in [0, 0.05) is 13.0 Å². The molecule has 1 aliphatic heterocycles. The highest BCUT2D eigenvalue weighted by molar-refractivity contribution is 5.86. The van der Waals surface area contributed by atoms with Crippen molar-refractivity contribution in [1.29, 1.82) is 0 Å². The highest BCUT2D eigenvalue weighted by atomic mass is 16.4. The fourth-order valence-corrected chi connectivity index (χ4v) is 2.79. The van der Waals surface area contributed by atoms with E-state index in [9.17, 15) is 9.90 Å². The second-order valence-electron chi connectivity index (χ2n) is 5.03. The standard InChI is InChI=1S/C15H15NO3/c17-14(18)13-8-15(19,9-16-13)12-7-3-5-10-4-1-2-6-11(10)12/h1-7,13,16,19H,8-9H2,(H,17,18)/t13-,15?/m0/s1. The van der Waals surface area contributed by atoms with Crippen LogP contribution in [0.15, 0.2) is 42.5 Å². The highest BCUT2D eigenvalue weighted by Gasteiger charge is 2.42. The van der Waals surface area contributed by atoms with Gasteiger partial charge >= 0.3 is 5.97 Å². The van der Waals surface area contributed by atoms with Gasteiger partial charge in [-0.1, -0.05) is 42.5 Å². The SMILES string of the molecule is O=C(O)[C@@H]1CC(O)(c2cccc3ccccc23)CN1. The maximum Gasteiger partial charge on any atom is 0.320 e. The molecule has 0 spiro atoms. The molecular weight excluding hydrogens is 242 g/mol. The van der Waals surface area contributed by atoms with E-state index in [0.717, 1.165) is 16.3 Å². The molecule has 1 unspecified atom stereocenters. The molecule has 2 aromatic rings. The first-order valence-electron chi connectivity index (χ1n) is 6.27. The molecule has 0 aromatic heterocycles. The molecule has 19 heavy (non-hydrogen) atoms. The molecule has 3 rings (SSSR count). The zero-order chi connectivity index (χ0) is 13.5. The molecule has 2 aromatic carbocycles. The summed E-state index contributed by atoms with van der Waals surface area (Å²) >= 11 is 0. The van der Waals surface area contributed by atoms with Gasteiger partial charge in [0.15, 0.2) is 0 Å². The lowest BCUT2D eigenvalue weighted by molar-refractivity contribution is -0.139. The second kappa shape index (κ2) is 4.33. The van der Waals surface area contributed by atoms with E-state index in [-0.39, 0.29) is 13.0 Å². The molecule has 1 heterocycles. The maximum absolute atomic E-state index is 11.0. The molecule has 0 radical (unpaired) electrons. The fourth-order valence-electron chi connectivity index (χ4n) is 2.79. The average Bonchev–Trinajstić information content (AvgIpc) is 2.82. The minimum absolute atomic E-state index is 0.191. The van der Waals surface area contributed by atoms with Crippen LogP contribution in [0.5, 0.6) is 0 Å². The van der Waals surface area contributed by atoms with Crippen molar-refractivity contribution in [1.82, 2.24) is 5.32 Å². The molecule has 2 atom stereocenters. The normalized spacial score (nSPS) is 26.7. The number of carboxylic acids is 1. The maximum atomic E-state index is 11.0. The Kier molecular flexibility index (Phi) is 2.77. The molecule has 1 saturated heterocycles. The molecule has 0 bridgehead atoms. The number of carboxylic acid groups (broad SMARTS) is 1. The van der Waals surface area contributed by atoms with Crippen molar-refractivity contribution in [3.8, 4) is 0 Å². The average molecular weight is 257 g/mol. The van der Waals surface area contributed by atoms with E-state index in [1.165, 1.54) is 0 Å². The Morgan fingerprint density at radius 1 is 1.21 bits per heavy atom. The lowest BCUT2D eigenvalue weighted by Gasteiger charge is -2.23. The Balaban J connectivity index is 2.07. The second-order valence-corrected chi connectivity index (χ2v) is 5.03. The summed E-state index contributed by atoms with van der Waals surface area (Å²) in [5.41, 5.74) is -0.328. The third-order valence-electron chi connectivity index (χ3n) is 3.77. The van der Waals surface area contributed by atoms with Gasteiger partial charge in [-0.2, -0.15) is 0 Å². The number of hydrogen-bond donors (Lipinski definition) is 3. The van der Waals surface area contributed by atoms with E-state index >= 15 is 0 Å². The molecule has 4 nitrogen and oxygen atoms in total. The third-order valence-corrected chi connectivity index (χ3v) is 3.77. The molecule has 0 saturated carbocycles. The minimum Gasteiger partial charge on any atom is -0.480 e. The van der Waals surface area contributed by atoms with E-state index in [1.54, 1.807) is 0 Å². The topological polar surface area (TPSA) is 69.6 Å². The monoisotopic (exact) mass is 257 g/mol. The summed E-state index contributed by atoms with van der Waals surface area (Å²) in [5.74, 6) is -0.920. The van der Waals surface area contributed by atoms with E-state index in [0.29, 0.717) is 0 Å². The van der Waals surface area contributed by atoms with Gasteiger partial charge in [0.05, 0.1) is 0 Å². The van der Waals surface area contributed by atoms with E-state index in [4.69, 9.17) is 5.11 Å². The van der Waals surface area contributed by atoms with Gasteiger partial charge in [-0.05, 0) is 16.3 Å². The van der Waals surface area contributed by atoms with Crippen molar-refractivity contribution >= 4 is 16.7 Å². The number of β-amino-alcohol motifs (C(OH)–C–C–N with tert-alkyl or cyclic N) is 1. The van der Waals surface area contributed by atoms with Gasteiger partial charge in [-0.3, -0.25) is 4.79 Å². The Bertz CT molecular complexity index is 635. The van der Waals surface area contributed by atoms with Crippen LogP contribution >= 0.6 is 0 Å². The van der Waals surface area contributed by atoms with E-state index < -0.39 is 17.6 Å². The van der Waals surface area contributed by atoms with Crippen molar-refractivity contribution in [3.05, 3.63) is 48.0 Å². The molecule has 3 N–H and O–H groups in total. The molecule has 1 fully saturated rings. The number of aliphatic carboxylic acids is 1. The number of benzene rings is 2. The Morgan fingerprint density at radius 3 is 2.68 bits per heavy atom. The third kappa shape index (κ3) is 1.99. The Hall–Kier alpha value is -1.91. The van der Waals surface area contributed by atoms with E-state index in [2.05, 4.69) is 5.32 Å². The van der Waals surface area contributed by atoms with Crippen LogP contribution in [-0.2, 0) is 10.4 Å². The van der Waals surface area contributed by atoms with Crippen LogP contribution in [0.1, 0.15) is 12.0 Å². The van der Waals surface area contributed by atoms with Crippen LogP contribution in [0.3, 0.4) is 0 Å². The van der Waals surface area contributed by atoms with Crippen LogP contribution in [0.2, 0.25) is 0 Å². The smallest absolute Gasteiger partial charge is 0.320 e. The lowest BCUT2D eigenvalue weighted by atomic mass is 9.87. The van der Waals surface area contributed by atoms with E-state index in [1.807, 2.05) is 42.5 Å². The number of carbonyl (C=O) groups is 1. The quantitative estimate of drug-likeness (QED) is 0.762. The summed E-state index contributed by atoms with van der Waals surface area (Å²) in [4.78, 5) is 11.0. The first kappa shape index (κ1) is 12.1. The Morgan fingerprint density at radius 2 is 1.95 bits per heavy atom. The zero-order valence-corrected chi connectivity index (χ0v) is 10.3. The van der Waals surface area contributed by atoms with Crippen LogP contribution in [0, 0.1) is 0 Å².